The number of imide groups is 1. The van der Waals surface area contributed by atoms with Crippen LogP contribution < -0.4 is 5.32 Å². The largest absolute Gasteiger partial charge is 0.450 e. The van der Waals surface area contributed by atoms with Crippen LogP contribution in [0.25, 0.3) is 6.08 Å². The summed E-state index contributed by atoms with van der Waals surface area (Å²) in [6.07, 6.45) is 5.47. The Morgan fingerprint density at radius 2 is 2.27 bits per heavy atom. The van der Waals surface area contributed by atoms with Crippen molar-refractivity contribution in [3.05, 3.63) is 45.7 Å². The van der Waals surface area contributed by atoms with E-state index in [4.69, 9.17) is 4.42 Å². The summed E-state index contributed by atoms with van der Waals surface area (Å²) in [6, 6.07) is 3.38. The first-order valence-electron chi connectivity index (χ1n) is 7.77. The zero-order chi connectivity index (χ0) is 18.5. The highest BCUT2D eigenvalue weighted by atomic mass is 79.9. The number of nitrogens with one attached hydrogen (secondary N) is 2. The number of amides is 3. The molecule has 2 aromatic rings. The Bertz CT molecular complexity index is 846. The Morgan fingerprint density at radius 1 is 1.42 bits per heavy atom. The van der Waals surface area contributed by atoms with Gasteiger partial charge in [-0.1, -0.05) is 0 Å². The van der Waals surface area contributed by atoms with Crippen molar-refractivity contribution in [2.45, 2.75) is 12.8 Å². The van der Waals surface area contributed by atoms with Gasteiger partial charge in [0.25, 0.3) is 11.1 Å². The summed E-state index contributed by atoms with van der Waals surface area (Å²) >= 11 is 4.01. The Balaban J connectivity index is 1.48. The van der Waals surface area contributed by atoms with Crippen LogP contribution in [0, 0.1) is 0 Å². The number of carbonyl (C=O) groups excluding carboxylic acids is 3. The highest BCUT2D eigenvalue weighted by Gasteiger charge is 2.35. The molecule has 1 fully saturated rings. The topological polar surface area (TPSA) is 108 Å². The van der Waals surface area contributed by atoms with Gasteiger partial charge in [-0.15, -0.1) is 0 Å². The Labute approximate surface area is 161 Å². The van der Waals surface area contributed by atoms with Crippen molar-refractivity contribution in [1.29, 1.82) is 0 Å². The molecule has 2 aromatic heterocycles. The minimum absolute atomic E-state index is 0.0414. The lowest BCUT2D eigenvalue weighted by Gasteiger charge is -2.12. The third-order valence-corrected chi connectivity index (χ3v) is 4.91. The number of H-pyrrole nitrogens is 1. The van der Waals surface area contributed by atoms with Crippen molar-refractivity contribution in [2.24, 2.45) is 0 Å². The Hall–Kier alpha value is -2.33. The first kappa shape index (κ1) is 18.5. The molecule has 1 aliphatic rings. The van der Waals surface area contributed by atoms with Crippen LogP contribution in [-0.2, 0) is 16.0 Å². The van der Waals surface area contributed by atoms with Crippen molar-refractivity contribution in [1.82, 2.24) is 20.2 Å². The van der Waals surface area contributed by atoms with E-state index in [0.29, 0.717) is 23.4 Å². The van der Waals surface area contributed by atoms with Gasteiger partial charge in [0.1, 0.15) is 5.76 Å². The molecule has 0 atom stereocenters. The van der Waals surface area contributed by atoms with Gasteiger partial charge in [-0.05, 0) is 39.8 Å². The number of hydrogen-bond acceptors (Lipinski definition) is 6. The van der Waals surface area contributed by atoms with E-state index in [-0.39, 0.29) is 23.8 Å². The van der Waals surface area contributed by atoms with Crippen LogP contribution in [0.15, 0.2) is 38.6 Å². The molecule has 3 amide bonds. The van der Waals surface area contributed by atoms with Gasteiger partial charge in [0.05, 0.1) is 11.2 Å². The van der Waals surface area contributed by atoms with E-state index in [9.17, 15) is 14.4 Å². The van der Waals surface area contributed by atoms with E-state index in [1.807, 2.05) is 0 Å². The van der Waals surface area contributed by atoms with E-state index in [1.54, 1.807) is 24.7 Å². The number of nitrogens with zero attached hydrogens (tertiary/aromatic N) is 2. The highest BCUT2D eigenvalue weighted by molar-refractivity contribution is 9.10. The summed E-state index contributed by atoms with van der Waals surface area (Å²) in [6.45, 7) is 0.496. The summed E-state index contributed by atoms with van der Waals surface area (Å²) in [5, 5.41) is 2.36. The van der Waals surface area contributed by atoms with Crippen LogP contribution in [-0.4, -0.2) is 45.0 Å². The molecule has 1 aliphatic heterocycles. The molecule has 0 spiro atoms. The van der Waals surface area contributed by atoms with Gasteiger partial charge in [-0.3, -0.25) is 19.3 Å². The first-order chi connectivity index (χ1) is 12.5. The lowest BCUT2D eigenvalue weighted by molar-refractivity contribution is -0.124. The van der Waals surface area contributed by atoms with Crippen LogP contribution in [0.5, 0.6) is 0 Å². The number of hydrogen-bond donors (Lipinski definition) is 2. The number of furan rings is 1. The fraction of sp³-hybridized carbons (Fsp3) is 0.250. The molecule has 10 heteroatoms. The number of imidazole rings is 1. The zero-order valence-electron chi connectivity index (χ0n) is 13.5. The fourth-order valence-corrected chi connectivity index (χ4v) is 3.45. The second-order valence-electron chi connectivity index (χ2n) is 5.40. The van der Waals surface area contributed by atoms with Crippen molar-refractivity contribution in [3.8, 4) is 0 Å². The van der Waals surface area contributed by atoms with Crippen LogP contribution in [0.3, 0.4) is 0 Å². The SMILES string of the molecule is O=C(CCN1C(=O)SC(=Cc2ccc(Br)o2)C1=O)NCCc1cnc[nH]1. The number of aromatic amines is 1. The molecule has 0 saturated carbocycles. The molecule has 0 bridgehead atoms. The van der Waals surface area contributed by atoms with Crippen LogP contribution in [0.2, 0.25) is 0 Å². The van der Waals surface area contributed by atoms with Gasteiger partial charge < -0.3 is 14.7 Å². The van der Waals surface area contributed by atoms with Crippen LogP contribution in [0.4, 0.5) is 4.79 Å². The van der Waals surface area contributed by atoms with Gasteiger partial charge in [0, 0.05) is 43.9 Å². The molecule has 3 rings (SSSR count). The fourth-order valence-electron chi connectivity index (χ4n) is 2.29. The molecule has 8 nitrogen and oxygen atoms in total. The number of aromatic nitrogens is 2. The van der Waals surface area contributed by atoms with Gasteiger partial charge >= 0.3 is 0 Å². The summed E-state index contributed by atoms with van der Waals surface area (Å²) < 4.78 is 5.85. The number of rotatable bonds is 7. The van der Waals surface area contributed by atoms with E-state index in [2.05, 4.69) is 31.2 Å². The molecule has 136 valence electrons. The summed E-state index contributed by atoms with van der Waals surface area (Å²) in [5.41, 5.74) is 0.922. The highest BCUT2D eigenvalue weighted by Crippen LogP contribution is 2.32. The maximum atomic E-state index is 12.3. The average molecular weight is 439 g/mol. The summed E-state index contributed by atoms with van der Waals surface area (Å²) in [5.74, 6) is -0.167. The Kier molecular flexibility index (Phi) is 5.94. The van der Waals surface area contributed by atoms with E-state index in [0.717, 1.165) is 22.4 Å². The lowest BCUT2D eigenvalue weighted by atomic mass is 10.3. The number of thioether (sulfide) groups is 1. The molecule has 26 heavy (non-hydrogen) atoms. The van der Waals surface area contributed by atoms with E-state index < -0.39 is 11.1 Å². The molecule has 2 N–H and O–H groups in total. The van der Waals surface area contributed by atoms with Gasteiger partial charge in [-0.2, -0.15) is 0 Å². The quantitative estimate of drug-likeness (QED) is 0.642. The predicted octanol–water partition coefficient (Wildman–Crippen LogP) is 2.55. The average Bonchev–Trinajstić information content (AvgIpc) is 3.30. The summed E-state index contributed by atoms with van der Waals surface area (Å²) in [7, 11) is 0. The van der Waals surface area contributed by atoms with Crippen molar-refractivity contribution < 1.29 is 18.8 Å². The first-order valence-corrected chi connectivity index (χ1v) is 9.38. The molecule has 0 aromatic carbocycles. The number of carbonyl (C=O) groups is 3. The minimum Gasteiger partial charge on any atom is -0.450 e. The zero-order valence-corrected chi connectivity index (χ0v) is 15.9. The second kappa shape index (κ2) is 8.37. The third kappa shape index (κ3) is 4.64. The molecule has 0 unspecified atom stereocenters. The third-order valence-electron chi connectivity index (χ3n) is 3.57. The van der Waals surface area contributed by atoms with Crippen molar-refractivity contribution in [2.75, 3.05) is 13.1 Å². The van der Waals surface area contributed by atoms with E-state index >= 15 is 0 Å². The molecular formula is C16H15BrN4O4S. The second-order valence-corrected chi connectivity index (χ2v) is 7.18. The lowest BCUT2D eigenvalue weighted by Crippen LogP contribution is -2.34. The standard InChI is InChI=1S/C16H15BrN4O4S/c17-13-2-1-11(25-13)7-12-15(23)21(16(24)26-12)6-4-14(22)19-5-3-10-8-18-9-20-10/h1-2,7-9H,3-6H2,(H,18,20)(H,19,22). The van der Waals surface area contributed by atoms with Crippen LogP contribution in [0.1, 0.15) is 17.9 Å². The minimum atomic E-state index is -0.419. The normalized spacial score (nSPS) is 15.9. The Morgan fingerprint density at radius 3 is 2.96 bits per heavy atom. The van der Waals surface area contributed by atoms with Gasteiger partial charge in [-0.25, -0.2) is 4.98 Å². The molecule has 3 heterocycles. The monoisotopic (exact) mass is 438 g/mol. The molecule has 0 aliphatic carbocycles. The van der Waals surface area contributed by atoms with Crippen LogP contribution >= 0.6 is 27.7 Å². The van der Waals surface area contributed by atoms with Gasteiger partial charge in [0.2, 0.25) is 5.91 Å². The molecule has 0 radical (unpaired) electrons. The van der Waals surface area contributed by atoms with Gasteiger partial charge in [0.15, 0.2) is 4.67 Å². The summed E-state index contributed by atoms with van der Waals surface area (Å²) in [4.78, 5) is 44.4. The predicted molar refractivity (Wildman–Crippen MR) is 99.0 cm³/mol. The number of halogens is 1. The molecule has 1 saturated heterocycles. The molecular weight excluding hydrogens is 424 g/mol. The maximum Gasteiger partial charge on any atom is 0.293 e. The van der Waals surface area contributed by atoms with E-state index in [1.165, 1.54) is 6.08 Å². The van der Waals surface area contributed by atoms with Crippen molar-refractivity contribution in [3.63, 3.8) is 0 Å². The maximum absolute atomic E-state index is 12.3. The smallest absolute Gasteiger partial charge is 0.293 e. The van der Waals surface area contributed by atoms with Crippen molar-refractivity contribution >= 4 is 50.8 Å².